The fourth-order valence-corrected chi connectivity index (χ4v) is 2.10. The molecule has 0 aliphatic carbocycles. The third-order valence-electron chi connectivity index (χ3n) is 3.21. The van der Waals surface area contributed by atoms with Crippen LogP contribution in [0, 0.1) is 11.6 Å². The van der Waals surface area contributed by atoms with E-state index < -0.39 is 17.7 Å². The maximum absolute atomic E-state index is 13.7. The molecule has 2 nitrogen and oxygen atoms in total. The molecule has 5 heteroatoms. The summed E-state index contributed by atoms with van der Waals surface area (Å²) < 4.78 is 32.3. The maximum atomic E-state index is 13.7. The average molecular weight is 312 g/mol. The Kier molecular flexibility index (Phi) is 5.15. The Bertz CT molecular complexity index is 604. The summed E-state index contributed by atoms with van der Waals surface area (Å²) in [5.74, 6) is -1.43. The number of hydrogen-bond acceptors (Lipinski definition) is 2. The molecule has 0 aliphatic rings. The predicted molar refractivity (Wildman–Crippen MR) is 79.4 cm³/mol. The second-order valence-electron chi connectivity index (χ2n) is 4.74. The Balaban J connectivity index is 2.30. The maximum Gasteiger partial charge on any atom is 0.168 e. The minimum absolute atomic E-state index is 0.0275. The van der Waals surface area contributed by atoms with Crippen LogP contribution in [-0.4, -0.2) is 6.04 Å². The van der Waals surface area contributed by atoms with E-state index in [4.69, 9.17) is 22.1 Å². The summed E-state index contributed by atoms with van der Waals surface area (Å²) in [5.41, 5.74) is 6.85. The van der Waals surface area contributed by atoms with Gasteiger partial charge in [0.1, 0.15) is 11.9 Å². The first kappa shape index (κ1) is 15.7. The van der Waals surface area contributed by atoms with Gasteiger partial charge in [-0.25, -0.2) is 8.78 Å². The number of rotatable bonds is 5. The molecule has 0 aromatic heterocycles. The minimum atomic E-state index is -0.753. The Morgan fingerprint density at radius 3 is 2.38 bits per heavy atom. The summed E-state index contributed by atoms with van der Waals surface area (Å²) in [5, 5.41) is 0.593. The van der Waals surface area contributed by atoms with Crippen LogP contribution in [0.25, 0.3) is 0 Å². The Hall–Kier alpha value is -1.65. The van der Waals surface area contributed by atoms with Gasteiger partial charge in [-0.05, 0) is 36.2 Å². The quantitative estimate of drug-likeness (QED) is 0.884. The van der Waals surface area contributed by atoms with Crippen LogP contribution in [0.3, 0.4) is 0 Å². The van der Waals surface area contributed by atoms with Crippen molar-refractivity contribution in [2.75, 3.05) is 0 Å². The molecule has 0 aliphatic heterocycles. The molecule has 0 fully saturated rings. The summed E-state index contributed by atoms with van der Waals surface area (Å²) in [6, 6.07) is 9.87. The molecule has 2 aromatic rings. The van der Waals surface area contributed by atoms with Gasteiger partial charge in [-0.2, -0.15) is 0 Å². The van der Waals surface area contributed by atoms with E-state index in [0.717, 1.165) is 17.7 Å². The standard InChI is InChI=1S/C16H16ClF2NO/c1-2-14(20)16(10-3-5-11(17)6-4-10)21-15-8-7-12(18)9-13(15)19/h3-9,14,16H,2,20H2,1H3. The summed E-state index contributed by atoms with van der Waals surface area (Å²) in [6.07, 6.45) is 0.114. The summed E-state index contributed by atoms with van der Waals surface area (Å²) >= 11 is 5.86. The van der Waals surface area contributed by atoms with Crippen LogP contribution in [0.15, 0.2) is 42.5 Å². The highest BCUT2D eigenvalue weighted by molar-refractivity contribution is 6.30. The van der Waals surface area contributed by atoms with E-state index in [2.05, 4.69) is 0 Å². The van der Waals surface area contributed by atoms with Crippen molar-refractivity contribution in [3.8, 4) is 5.75 Å². The van der Waals surface area contributed by atoms with Crippen LogP contribution in [0.2, 0.25) is 5.02 Å². The van der Waals surface area contributed by atoms with E-state index in [-0.39, 0.29) is 11.8 Å². The predicted octanol–water partition coefficient (Wildman–Crippen LogP) is 4.48. The lowest BCUT2D eigenvalue weighted by molar-refractivity contribution is 0.163. The number of halogens is 3. The summed E-state index contributed by atoms with van der Waals surface area (Å²) in [6.45, 7) is 1.91. The average Bonchev–Trinajstić information content (AvgIpc) is 2.47. The number of hydrogen-bond donors (Lipinski definition) is 1. The molecule has 0 bridgehead atoms. The number of ether oxygens (including phenoxy) is 1. The SMILES string of the molecule is CCC(N)C(Oc1ccc(F)cc1F)c1ccc(Cl)cc1. The molecule has 0 saturated carbocycles. The Morgan fingerprint density at radius 1 is 1.14 bits per heavy atom. The van der Waals surface area contributed by atoms with Crippen molar-refractivity contribution in [2.24, 2.45) is 5.73 Å². The lowest BCUT2D eigenvalue weighted by Crippen LogP contribution is -2.31. The first-order valence-electron chi connectivity index (χ1n) is 6.64. The normalized spacial score (nSPS) is 13.8. The van der Waals surface area contributed by atoms with Crippen LogP contribution < -0.4 is 10.5 Å². The second-order valence-corrected chi connectivity index (χ2v) is 5.17. The van der Waals surface area contributed by atoms with E-state index in [1.54, 1.807) is 24.3 Å². The van der Waals surface area contributed by atoms with E-state index in [9.17, 15) is 8.78 Å². The van der Waals surface area contributed by atoms with E-state index in [1.807, 2.05) is 6.92 Å². The fourth-order valence-electron chi connectivity index (χ4n) is 1.98. The molecule has 112 valence electrons. The lowest BCUT2D eigenvalue weighted by Gasteiger charge is -2.25. The highest BCUT2D eigenvalue weighted by atomic mass is 35.5. The molecule has 0 radical (unpaired) electrons. The molecule has 21 heavy (non-hydrogen) atoms. The molecule has 0 amide bonds. The van der Waals surface area contributed by atoms with Crippen LogP contribution >= 0.6 is 11.6 Å². The Morgan fingerprint density at radius 2 is 1.81 bits per heavy atom. The van der Waals surface area contributed by atoms with E-state index in [0.29, 0.717) is 11.4 Å². The number of benzene rings is 2. The largest absolute Gasteiger partial charge is 0.481 e. The molecule has 0 spiro atoms. The van der Waals surface area contributed by atoms with Crippen molar-refractivity contribution in [2.45, 2.75) is 25.5 Å². The first-order chi connectivity index (χ1) is 10.0. The minimum Gasteiger partial charge on any atom is -0.481 e. The van der Waals surface area contributed by atoms with Crippen LogP contribution in [0.1, 0.15) is 25.0 Å². The zero-order chi connectivity index (χ0) is 15.4. The molecular weight excluding hydrogens is 296 g/mol. The van der Waals surface area contributed by atoms with Gasteiger partial charge in [-0.1, -0.05) is 30.7 Å². The fraction of sp³-hybridized carbons (Fsp3) is 0.250. The third kappa shape index (κ3) is 3.93. The van der Waals surface area contributed by atoms with Gasteiger partial charge in [0.2, 0.25) is 0 Å². The van der Waals surface area contributed by atoms with E-state index in [1.165, 1.54) is 6.07 Å². The smallest absolute Gasteiger partial charge is 0.168 e. The zero-order valence-electron chi connectivity index (χ0n) is 11.5. The highest BCUT2D eigenvalue weighted by Gasteiger charge is 2.22. The van der Waals surface area contributed by atoms with E-state index >= 15 is 0 Å². The van der Waals surface area contributed by atoms with Gasteiger partial charge in [0.15, 0.2) is 11.6 Å². The third-order valence-corrected chi connectivity index (χ3v) is 3.46. The second kappa shape index (κ2) is 6.87. The molecule has 2 unspecified atom stereocenters. The van der Waals surface area contributed by atoms with Crippen molar-refractivity contribution in [3.05, 3.63) is 64.7 Å². The van der Waals surface area contributed by atoms with Gasteiger partial charge in [0.25, 0.3) is 0 Å². The molecule has 2 rings (SSSR count). The Labute approximate surface area is 127 Å². The van der Waals surface area contributed by atoms with Gasteiger partial charge in [-0.3, -0.25) is 0 Å². The first-order valence-corrected chi connectivity index (χ1v) is 7.01. The van der Waals surface area contributed by atoms with Gasteiger partial charge in [0.05, 0.1) is 0 Å². The van der Waals surface area contributed by atoms with Crippen molar-refractivity contribution < 1.29 is 13.5 Å². The molecule has 2 N–H and O–H groups in total. The monoisotopic (exact) mass is 311 g/mol. The van der Waals surface area contributed by atoms with Crippen LogP contribution in [-0.2, 0) is 0 Å². The van der Waals surface area contributed by atoms with Gasteiger partial charge in [0, 0.05) is 17.1 Å². The summed E-state index contributed by atoms with van der Waals surface area (Å²) in [7, 11) is 0. The lowest BCUT2D eigenvalue weighted by atomic mass is 10.0. The highest BCUT2D eigenvalue weighted by Crippen LogP contribution is 2.28. The van der Waals surface area contributed by atoms with Crippen LogP contribution in [0.4, 0.5) is 8.78 Å². The molecule has 0 heterocycles. The topological polar surface area (TPSA) is 35.2 Å². The van der Waals surface area contributed by atoms with Crippen molar-refractivity contribution >= 4 is 11.6 Å². The van der Waals surface area contributed by atoms with Crippen molar-refractivity contribution in [1.82, 2.24) is 0 Å². The van der Waals surface area contributed by atoms with Gasteiger partial charge >= 0.3 is 0 Å². The van der Waals surface area contributed by atoms with Crippen molar-refractivity contribution in [1.29, 1.82) is 0 Å². The summed E-state index contributed by atoms with van der Waals surface area (Å²) in [4.78, 5) is 0. The molecule has 2 aromatic carbocycles. The van der Waals surface area contributed by atoms with Crippen LogP contribution in [0.5, 0.6) is 5.75 Å². The van der Waals surface area contributed by atoms with Gasteiger partial charge < -0.3 is 10.5 Å². The molecular formula is C16H16ClF2NO. The molecule has 0 saturated heterocycles. The van der Waals surface area contributed by atoms with Gasteiger partial charge in [-0.15, -0.1) is 0 Å². The number of nitrogens with two attached hydrogens (primary N) is 1. The van der Waals surface area contributed by atoms with Crippen molar-refractivity contribution in [3.63, 3.8) is 0 Å². The molecule has 2 atom stereocenters. The zero-order valence-corrected chi connectivity index (χ0v) is 12.3.